The number of piperidine rings is 1. The monoisotopic (exact) mass is 534 g/mol. The fraction of sp³-hybridized carbons (Fsp3) is 0.520. The van der Waals surface area contributed by atoms with E-state index in [-0.39, 0.29) is 47.6 Å². The average molecular weight is 535 g/mol. The van der Waals surface area contributed by atoms with E-state index in [4.69, 9.17) is 32.4 Å². The Labute approximate surface area is 218 Å². The number of hydrogen-bond acceptors (Lipinski definition) is 6. The van der Waals surface area contributed by atoms with E-state index < -0.39 is 0 Å². The van der Waals surface area contributed by atoms with E-state index in [1.165, 1.54) is 6.20 Å². The minimum atomic E-state index is -0.321. The Morgan fingerprint density at radius 1 is 1.17 bits per heavy atom. The molecule has 36 heavy (non-hydrogen) atoms. The maximum atomic E-state index is 12.8. The van der Waals surface area contributed by atoms with Gasteiger partial charge in [0.2, 0.25) is 11.7 Å². The van der Waals surface area contributed by atoms with Crippen LogP contribution in [0.15, 0.2) is 28.8 Å². The predicted octanol–water partition coefficient (Wildman–Crippen LogP) is 3.55. The fourth-order valence-electron chi connectivity index (χ4n) is 5.61. The smallest absolute Gasteiger partial charge is 0.288 e. The zero-order valence-electron chi connectivity index (χ0n) is 19.9. The van der Waals surface area contributed by atoms with Gasteiger partial charge in [-0.3, -0.25) is 14.4 Å². The zero-order valence-corrected chi connectivity index (χ0v) is 21.4. The molecule has 3 saturated carbocycles. The van der Waals surface area contributed by atoms with Gasteiger partial charge in [-0.1, -0.05) is 23.2 Å². The standard InChI is InChI=1S/C25H28Cl2N4O5/c1-14(32)31-6-4-15(5-7-31)24-28-12-21(36-24)23(34)29-20-11-25(9-16(20)10-25)30-22(33)13-35-17-2-3-18(26)19(27)8-17/h2-3,8,12,15-16,20H,4-7,9-11,13H2,1H3,(H,29,34)(H,30,33)/t16?,20-,25?/m1/s1. The van der Waals surface area contributed by atoms with Crippen LogP contribution in [-0.2, 0) is 9.59 Å². The van der Waals surface area contributed by atoms with Crippen molar-refractivity contribution in [3.05, 3.63) is 46.1 Å². The molecule has 4 fully saturated rings. The summed E-state index contributed by atoms with van der Waals surface area (Å²) < 4.78 is 11.3. The first-order valence-corrected chi connectivity index (χ1v) is 12.9. The Morgan fingerprint density at radius 3 is 2.61 bits per heavy atom. The summed E-state index contributed by atoms with van der Waals surface area (Å²) in [5.74, 6) is 1.18. The number of oxazole rings is 1. The number of fused-ring (bicyclic) bond motifs is 1. The van der Waals surface area contributed by atoms with Crippen LogP contribution in [0.25, 0.3) is 0 Å². The Balaban J connectivity index is 1.09. The van der Waals surface area contributed by atoms with Crippen LogP contribution in [-0.4, -0.2) is 58.9 Å². The van der Waals surface area contributed by atoms with Gasteiger partial charge in [-0.15, -0.1) is 0 Å². The third-order valence-corrected chi connectivity index (χ3v) is 8.24. The number of aromatic nitrogens is 1. The van der Waals surface area contributed by atoms with E-state index in [0.29, 0.717) is 47.1 Å². The number of nitrogens with one attached hydrogen (secondary N) is 2. The van der Waals surface area contributed by atoms with Crippen molar-refractivity contribution in [2.45, 2.75) is 56.5 Å². The summed E-state index contributed by atoms with van der Waals surface area (Å²) in [5.41, 5.74) is -0.321. The lowest BCUT2D eigenvalue weighted by molar-refractivity contribution is -0.130. The number of ether oxygens (including phenoxy) is 1. The molecule has 2 bridgehead atoms. The Hall–Kier alpha value is -2.78. The molecule has 0 unspecified atom stereocenters. The van der Waals surface area contributed by atoms with E-state index in [2.05, 4.69) is 15.6 Å². The summed E-state index contributed by atoms with van der Waals surface area (Å²) in [6.07, 6.45) is 5.29. The Bertz CT molecular complexity index is 1170. The fourth-order valence-corrected chi connectivity index (χ4v) is 5.90. The number of hydrogen-bond donors (Lipinski definition) is 2. The molecule has 1 aromatic carbocycles. The van der Waals surface area contributed by atoms with Gasteiger partial charge in [0.15, 0.2) is 12.5 Å². The van der Waals surface area contributed by atoms with Crippen LogP contribution in [0.4, 0.5) is 0 Å². The van der Waals surface area contributed by atoms with E-state index >= 15 is 0 Å². The molecule has 1 atom stereocenters. The molecule has 2 heterocycles. The highest BCUT2D eigenvalue weighted by Crippen LogP contribution is 2.52. The largest absolute Gasteiger partial charge is 0.484 e. The van der Waals surface area contributed by atoms with Gasteiger partial charge < -0.3 is 24.7 Å². The molecular formula is C25H28Cl2N4O5. The lowest BCUT2D eigenvalue weighted by atomic mass is 9.76. The number of halogens is 2. The number of rotatable bonds is 7. The van der Waals surface area contributed by atoms with Gasteiger partial charge in [0.05, 0.1) is 16.2 Å². The summed E-state index contributed by atoms with van der Waals surface area (Å²) >= 11 is 11.9. The number of benzene rings is 1. The van der Waals surface area contributed by atoms with Gasteiger partial charge in [-0.05, 0) is 50.2 Å². The predicted molar refractivity (Wildman–Crippen MR) is 132 cm³/mol. The number of likely N-dealkylation sites (tertiary alicyclic amines) is 1. The van der Waals surface area contributed by atoms with Gasteiger partial charge in [-0.2, -0.15) is 0 Å². The van der Waals surface area contributed by atoms with Crippen LogP contribution >= 0.6 is 23.2 Å². The second-order valence-corrected chi connectivity index (χ2v) is 10.8. The second-order valence-electron chi connectivity index (χ2n) is 9.99. The number of nitrogens with zero attached hydrogens (tertiary/aromatic N) is 2. The van der Waals surface area contributed by atoms with Crippen molar-refractivity contribution >= 4 is 40.9 Å². The number of carbonyl (C=O) groups excluding carboxylic acids is 3. The lowest BCUT2D eigenvalue weighted by Crippen LogP contribution is -2.53. The van der Waals surface area contributed by atoms with Crippen LogP contribution in [0.3, 0.4) is 0 Å². The molecular weight excluding hydrogens is 507 g/mol. The summed E-state index contributed by atoms with van der Waals surface area (Å²) in [7, 11) is 0. The van der Waals surface area contributed by atoms with Gasteiger partial charge in [-0.25, -0.2) is 4.98 Å². The summed E-state index contributed by atoms with van der Waals surface area (Å²) in [5, 5.41) is 6.92. The van der Waals surface area contributed by atoms with Gasteiger partial charge in [0.1, 0.15) is 5.75 Å². The maximum Gasteiger partial charge on any atom is 0.288 e. The third-order valence-electron chi connectivity index (χ3n) is 7.50. The molecule has 2 N–H and O–H groups in total. The molecule has 4 aliphatic rings. The van der Waals surface area contributed by atoms with Crippen molar-refractivity contribution in [2.75, 3.05) is 19.7 Å². The molecule has 9 nitrogen and oxygen atoms in total. The molecule has 11 heteroatoms. The van der Waals surface area contributed by atoms with Crippen molar-refractivity contribution in [1.29, 1.82) is 0 Å². The van der Waals surface area contributed by atoms with Crippen LogP contribution in [0, 0.1) is 5.92 Å². The van der Waals surface area contributed by atoms with Crippen molar-refractivity contribution in [3.63, 3.8) is 0 Å². The first-order valence-electron chi connectivity index (χ1n) is 12.1. The first kappa shape index (κ1) is 24.9. The van der Waals surface area contributed by atoms with Crippen LogP contribution in [0.1, 0.15) is 61.4 Å². The van der Waals surface area contributed by atoms with E-state index in [1.54, 1.807) is 25.1 Å². The van der Waals surface area contributed by atoms with Crippen LogP contribution in [0.2, 0.25) is 10.0 Å². The highest BCUT2D eigenvalue weighted by molar-refractivity contribution is 6.42. The topological polar surface area (TPSA) is 114 Å². The molecule has 1 aromatic heterocycles. The Morgan fingerprint density at radius 2 is 1.92 bits per heavy atom. The molecule has 192 valence electrons. The van der Waals surface area contributed by atoms with Gasteiger partial charge in [0, 0.05) is 43.6 Å². The molecule has 3 aliphatic carbocycles. The molecule has 1 saturated heterocycles. The number of amides is 3. The highest BCUT2D eigenvalue weighted by atomic mass is 35.5. The summed E-state index contributed by atoms with van der Waals surface area (Å²) in [6.45, 7) is 2.77. The minimum absolute atomic E-state index is 0.0406. The SMILES string of the molecule is CC(=O)N1CCC(c2ncc(C(=O)N[C@@H]3CC4(NC(=O)COc5ccc(Cl)c(Cl)c5)CC3C4)o2)CC1. The third kappa shape index (κ3) is 5.18. The van der Waals surface area contributed by atoms with E-state index in [0.717, 1.165) is 25.7 Å². The zero-order chi connectivity index (χ0) is 25.4. The van der Waals surface area contributed by atoms with Crippen molar-refractivity contribution in [3.8, 4) is 5.75 Å². The van der Waals surface area contributed by atoms with Crippen molar-refractivity contribution < 1.29 is 23.5 Å². The molecule has 6 rings (SSSR count). The quantitative estimate of drug-likeness (QED) is 0.561. The molecule has 0 radical (unpaired) electrons. The lowest BCUT2D eigenvalue weighted by Gasteiger charge is -2.39. The Kier molecular flexibility index (Phi) is 6.87. The molecule has 1 aliphatic heterocycles. The highest BCUT2D eigenvalue weighted by Gasteiger charge is 2.57. The number of carbonyl (C=O) groups is 3. The molecule has 0 spiro atoms. The van der Waals surface area contributed by atoms with Crippen LogP contribution < -0.4 is 15.4 Å². The maximum absolute atomic E-state index is 12.8. The van der Waals surface area contributed by atoms with E-state index in [9.17, 15) is 14.4 Å². The normalized spacial score (nSPS) is 25.2. The first-order chi connectivity index (χ1) is 17.2. The molecule has 3 amide bonds. The van der Waals surface area contributed by atoms with Crippen molar-refractivity contribution in [2.24, 2.45) is 5.92 Å². The minimum Gasteiger partial charge on any atom is -0.484 e. The van der Waals surface area contributed by atoms with Crippen LogP contribution in [0.5, 0.6) is 5.75 Å². The average Bonchev–Trinajstić information content (AvgIpc) is 3.53. The summed E-state index contributed by atoms with van der Waals surface area (Å²) in [6, 6.07) is 4.80. The summed E-state index contributed by atoms with van der Waals surface area (Å²) in [4.78, 5) is 43.0. The van der Waals surface area contributed by atoms with Gasteiger partial charge in [0.25, 0.3) is 11.8 Å². The molecule has 2 aromatic rings. The van der Waals surface area contributed by atoms with E-state index in [1.807, 2.05) is 4.90 Å². The van der Waals surface area contributed by atoms with Gasteiger partial charge >= 0.3 is 0 Å². The second kappa shape index (κ2) is 9.94. The van der Waals surface area contributed by atoms with Crippen molar-refractivity contribution in [1.82, 2.24) is 20.5 Å².